The summed E-state index contributed by atoms with van der Waals surface area (Å²) < 4.78 is 3.50. The molecule has 0 radical (unpaired) electrons. The number of aromatic nitrogens is 2. The van der Waals surface area contributed by atoms with Crippen LogP contribution < -0.4 is 11.0 Å². The van der Waals surface area contributed by atoms with Crippen molar-refractivity contribution in [2.75, 3.05) is 0 Å². The molecule has 1 N–H and O–H groups in total. The van der Waals surface area contributed by atoms with Crippen LogP contribution in [0.5, 0.6) is 0 Å². The fourth-order valence-electron chi connectivity index (χ4n) is 3.28. The fraction of sp³-hybridized carbons (Fsp3) is 0.333. The number of fused-ring (bicyclic) bond motifs is 1. The fourth-order valence-corrected chi connectivity index (χ4v) is 3.28. The number of amides is 1. The Kier molecular flexibility index (Phi) is 5.56. The van der Waals surface area contributed by atoms with Crippen LogP contribution in [0.1, 0.15) is 38.3 Å². The molecule has 26 heavy (non-hydrogen) atoms. The van der Waals surface area contributed by atoms with E-state index in [0.717, 1.165) is 23.0 Å². The number of hydrogen-bond acceptors (Lipinski definition) is 2. The van der Waals surface area contributed by atoms with Crippen LogP contribution in [0.25, 0.3) is 11.0 Å². The Bertz CT molecular complexity index is 941. The van der Waals surface area contributed by atoms with Gasteiger partial charge in [-0.15, -0.1) is 0 Å². The molecule has 0 bridgehead atoms. The largest absolute Gasteiger partial charge is 0.350 e. The van der Waals surface area contributed by atoms with E-state index >= 15 is 0 Å². The molecule has 0 unspecified atom stereocenters. The Labute approximate surface area is 153 Å². The number of nitrogens with one attached hydrogen (secondary N) is 1. The molecule has 1 atom stereocenters. The summed E-state index contributed by atoms with van der Waals surface area (Å²) in [4.78, 5) is 25.1. The molecule has 3 aromatic rings. The van der Waals surface area contributed by atoms with Gasteiger partial charge in [-0.05, 0) is 31.0 Å². The molecule has 0 saturated heterocycles. The number of carbonyl (C=O) groups is 1. The number of aryl methyl sites for hydroxylation is 2. The monoisotopic (exact) mass is 351 g/mol. The van der Waals surface area contributed by atoms with Crippen molar-refractivity contribution in [2.24, 2.45) is 0 Å². The van der Waals surface area contributed by atoms with Crippen LogP contribution in [-0.4, -0.2) is 15.0 Å². The van der Waals surface area contributed by atoms with Crippen LogP contribution in [0.15, 0.2) is 59.4 Å². The second-order valence-electron chi connectivity index (χ2n) is 6.52. The molecule has 2 aromatic carbocycles. The van der Waals surface area contributed by atoms with Crippen LogP contribution in [0.2, 0.25) is 0 Å². The minimum Gasteiger partial charge on any atom is -0.350 e. The molecule has 3 rings (SSSR count). The zero-order valence-corrected chi connectivity index (χ0v) is 15.3. The molecule has 1 aromatic heterocycles. The van der Waals surface area contributed by atoms with E-state index in [1.54, 1.807) is 9.13 Å². The predicted octanol–water partition coefficient (Wildman–Crippen LogP) is 3.48. The minimum absolute atomic E-state index is 0.0445. The standard InChI is InChI=1S/C21H25N3O2/c1-3-14-23-18-11-7-8-12-19(18)24(21(23)26)15-13-20(25)22-16(2)17-9-5-4-6-10-17/h4-12,16H,3,13-15H2,1-2H3,(H,22,25)/t16-/m1/s1. The average Bonchev–Trinajstić information content (AvgIpc) is 2.93. The maximum absolute atomic E-state index is 12.7. The number of carbonyl (C=O) groups excluding carboxylic acids is 1. The lowest BCUT2D eigenvalue weighted by Gasteiger charge is -2.14. The van der Waals surface area contributed by atoms with Gasteiger partial charge in [0.1, 0.15) is 0 Å². The first-order chi connectivity index (χ1) is 12.6. The lowest BCUT2D eigenvalue weighted by atomic mass is 10.1. The minimum atomic E-state index is -0.0550. The highest BCUT2D eigenvalue weighted by Crippen LogP contribution is 2.14. The van der Waals surface area contributed by atoms with Crippen LogP contribution in [0.3, 0.4) is 0 Å². The summed E-state index contributed by atoms with van der Waals surface area (Å²) in [6, 6.07) is 17.6. The molecule has 1 amide bonds. The summed E-state index contributed by atoms with van der Waals surface area (Å²) in [6.45, 7) is 5.08. The molecular formula is C21H25N3O2. The van der Waals surface area contributed by atoms with Gasteiger partial charge < -0.3 is 5.32 Å². The Morgan fingerprint density at radius 1 is 0.962 bits per heavy atom. The lowest BCUT2D eigenvalue weighted by molar-refractivity contribution is -0.121. The summed E-state index contributed by atoms with van der Waals surface area (Å²) >= 11 is 0. The quantitative estimate of drug-likeness (QED) is 0.708. The van der Waals surface area contributed by atoms with Crippen molar-refractivity contribution in [2.45, 2.75) is 45.8 Å². The number of nitrogens with zero attached hydrogens (tertiary/aromatic N) is 2. The molecule has 0 aliphatic heterocycles. The summed E-state index contributed by atoms with van der Waals surface area (Å²) in [6.07, 6.45) is 1.17. The summed E-state index contributed by atoms with van der Waals surface area (Å²) in [5, 5.41) is 3.00. The lowest BCUT2D eigenvalue weighted by Crippen LogP contribution is -2.30. The van der Waals surface area contributed by atoms with Crippen molar-refractivity contribution in [1.82, 2.24) is 14.5 Å². The predicted molar refractivity (Wildman–Crippen MR) is 104 cm³/mol. The van der Waals surface area contributed by atoms with Gasteiger partial charge in [-0.2, -0.15) is 0 Å². The second-order valence-corrected chi connectivity index (χ2v) is 6.52. The molecule has 136 valence electrons. The molecule has 5 heteroatoms. The second kappa shape index (κ2) is 8.04. The zero-order valence-electron chi connectivity index (χ0n) is 15.3. The van der Waals surface area contributed by atoms with E-state index in [4.69, 9.17) is 0 Å². The van der Waals surface area contributed by atoms with E-state index in [9.17, 15) is 9.59 Å². The molecular weight excluding hydrogens is 326 g/mol. The third kappa shape index (κ3) is 3.72. The van der Waals surface area contributed by atoms with Gasteiger partial charge in [-0.25, -0.2) is 4.79 Å². The van der Waals surface area contributed by atoms with Crippen LogP contribution in [-0.2, 0) is 17.9 Å². The van der Waals surface area contributed by atoms with Crippen molar-refractivity contribution >= 4 is 16.9 Å². The van der Waals surface area contributed by atoms with Crippen molar-refractivity contribution in [3.05, 3.63) is 70.6 Å². The number of imidazole rings is 1. The zero-order chi connectivity index (χ0) is 18.5. The van der Waals surface area contributed by atoms with Gasteiger partial charge in [0.2, 0.25) is 5.91 Å². The smallest absolute Gasteiger partial charge is 0.329 e. The number of benzene rings is 2. The topological polar surface area (TPSA) is 56.0 Å². The Balaban J connectivity index is 1.72. The van der Waals surface area contributed by atoms with Crippen molar-refractivity contribution in [3.8, 4) is 0 Å². The van der Waals surface area contributed by atoms with Gasteiger partial charge in [0.15, 0.2) is 0 Å². The average molecular weight is 351 g/mol. The molecule has 0 aliphatic carbocycles. The number of hydrogen-bond donors (Lipinski definition) is 1. The Morgan fingerprint density at radius 3 is 2.15 bits per heavy atom. The summed E-state index contributed by atoms with van der Waals surface area (Å²) in [5.74, 6) is -0.0550. The molecule has 0 fully saturated rings. The molecule has 5 nitrogen and oxygen atoms in total. The first-order valence-corrected chi connectivity index (χ1v) is 9.14. The third-order valence-corrected chi connectivity index (χ3v) is 4.61. The SMILES string of the molecule is CCCn1c(=O)n(CCC(=O)N[C@H](C)c2ccccc2)c2ccccc21. The molecule has 0 saturated carbocycles. The van der Waals surface area contributed by atoms with Gasteiger partial charge in [0, 0.05) is 19.5 Å². The van der Waals surface area contributed by atoms with E-state index in [0.29, 0.717) is 13.1 Å². The van der Waals surface area contributed by atoms with Crippen molar-refractivity contribution in [1.29, 1.82) is 0 Å². The highest BCUT2D eigenvalue weighted by molar-refractivity contribution is 5.78. The first-order valence-electron chi connectivity index (χ1n) is 9.14. The van der Waals surface area contributed by atoms with Crippen molar-refractivity contribution in [3.63, 3.8) is 0 Å². The number of rotatable bonds is 7. The highest BCUT2D eigenvalue weighted by atomic mass is 16.2. The van der Waals surface area contributed by atoms with Crippen molar-refractivity contribution < 1.29 is 4.79 Å². The van der Waals surface area contributed by atoms with E-state index < -0.39 is 0 Å². The van der Waals surface area contributed by atoms with E-state index in [-0.39, 0.29) is 24.1 Å². The third-order valence-electron chi connectivity index (χ3n) is 4.61. The van der Waals surface area contributed by atoms with Gasteiger partial charge in [0.25, 0.3) is 0 Å². The van der Waals surface area contributed by atoms with Gasteiger partial charge in [-0.1, -0.05) is 49.4 Å². The molecule has 0 aliphatic rings. The molecule has 1 heterocycles. The van der Waals surface area contributed by atoms with E-state index in [1.807, 2.05) is 61.5 Å². The van der Waals surface area contributed by atoms with Crippen LogP contribution in [0.4, 0.5) is 0 Å². The first kappa shape index (κ1) is 18.0. The number of para-hydroxylation sites is 2. The normalized spacial score (nSPS) is 12.2. The van der Waals surface area contributed by atoms with Crippen LogP contribution in [0, 0.1) is 0 Å². The van der Waals surface area contributed by atoms with Crippen LogP contribution >= 0.6 is 0 Å². The maximum atomic E-state index is 12.7. The van der Waals surface area contributed by atoms with Gasteiger partial charge >= 0.3 is 5.69 Å². The maximum Gasteiger partial charge on any atom is 0.329 e. The van der Waals surface area contributed by atoms with E-state index in [1.165, 1.54) is 0 Å². The summed E-state index contributed by atoms with van der Waals surface area (Å²) in [7, 11) is 0. The molecule has 0 spiro atoms. The van der Waals surface area contributed by atoms with Gasteiger partial charge in [0.05, 0.1) is 17.1 Å². The Morgan fingerprint density at radius 2 is 1.54 bits per heavy atom. The summed E-state index contributed by atoms with van der Waals surface area (Å²) in [5.41, 5.74) is 2.83. The van der Waals surface area contributed by atoms with E-state index in [2.05, 4.69) is 12.2 Å². The highest BCUT2D eigenvalue weighted by Gasteiger charge is 2.14. The van der Waals surface area contributed by atoms with Gasteiger partial charge in [-0.3, -0.25) is 13.9 Å². The Hall–Kier alpha value is -2.82.